The van der Waals surface area contributed by atoms with Gasteiger partial charge in [-0.25, -0.2) is 4.68 Å². The third-order valence-corrected chi connectivity index (χ3v) is 3.62. The molecule has 1 amide bonds. The van der Waals surface area contributed by atoms with E-state index in [1.165, 1.54) is 18.0 Å². The van der Waals surface area contributed by atoms with Gasteiger partial charge in [0.1, 0.15) is 5.69 Å². The predicted molar refractivity (Wildman–Crippen MR) is 90.1 cm³/mol. The van der Waals surface area contributed by atoms with Gasteiger partial charge in [-0.05, 0) is 18.2 Å². The van der Waals surface area contributed by atoms with Crippen LogP contribution in [0.15, 0.2) is 53.6 Å². The maximum atomic E-state index is 12.8. The number of methoxy groups -OCH3 is 1. The highest BCUT2D eigenvalue weighted by atomic mass is 19.4. The normalized spacial score (nSPS) is 11.3. The Bertz CT molecular complexity index is 1030. The van der Waals surface area contributed by atoms with E-state index in [1.807, 2.05) is 4.98 Å². The van der Waals surface area contributed by atoms with E-state index in [1.54, 1.807) is 30.3 Å². The van der Waals surface area contributed by atoms with E-state index in [-0.39, 0.29) is 11.4 Å². The Hall–Kier alpha value is -3.56. The number of aromatic amines is 1. The zero-order valence-electron chi connectivity index (χ0n) is 13.9. The van der Waals surface area contributed by atoms with E-state index in [0.29, 0.717) is 18.0 Å². The number of nitrogens with one attached hydrogen (secondary N) is 2. The lowest BCUT2D eigenvalue weighted by molar-refractivity contribution is -0.137. The number of hydrogen-bond acceptors (Lipinski definition) is 4. The van der Waals surface area contributed by atoms with Crippen LogP contribution in [0, 0.1) is 0 Å². The molecule has 140 valence electrons. The number of amides is 1. The Morgan fingerprint density at radius 3 is 2.59 bits per heavy atom. The molecule has 0 saturated heterocycles. The van der Waals surface area contributed by atoms with Gasteiger partial charge in [-0.15, -0.1) is 0 Å². The fourth-order valence-electron chi connectivity index (χ4n) is 2.30. The number of nitrogens with zero attached hydrogens (tertiary/aromatic N) is 2. The molecule has 0 aliphatic rings. The molecule has 2 aromatic heterocycles. The standard InChI is InChI=1S/C17H13F3N4O3/c1-27-13-9-24(11-5-3-2-4-6-11)23-14(13)16(26)22-12-7-10(17(18,19)20)8-21-15(12)25/h2-9H,1H3,(H,21,25)(H,22,26). The van der Waals surface area contributed by atoms with Crippen molar-refractivity contribution in [3.8, 4) is 11.4 Å². The largest absolute Gasteiger partial charge is 0.493 e. The monoisotopic (exact) mass is 378 g/mol. The molecule has 2 N–H and O–H groups in total. The Kier molecular flexibility index (Phi) is 4.72. The number of para-hydroxylation sites is 1. The topological polar surface area (TPSA) is 89.0 Å². The lowest BCUT2D eigenvalue weighted by atomic mass is 10.2. The number of pyridine rings is 1. The van der Waals surface area contributed by atoms with Crippen molar-refractivity contribution in [3.63, 3.8) is 0 Å². The van der Waals surface area contributed by atoms with Crippen LogP contribution in [0.5, 0.6) is 5.75 Å². The SMILES string of the molecule is COc1cn(-c2ccccc2)nc1C(=O)Nc1cc(C(F)(F)F)c[nH]c1=O. The second kappa shape index (κ2) is 6.98. The summed E-state index contributed by atoms with van der Waals surface area (Å²) in [5.41, 5.74) is -2.06. The molecule has 7 nitrogen and oxygen atoms in total. The van der Waals surface area contributed by atoms with Gasteiger partial charge in [0.25, 0.3) is 11.5 Å². The Labute approximate surface area is 150 Å². The van der Waals surface area contributed by atoms with E-state index < -0.39 is 28.9 Å². The van der Waals surface area contributed by atoms with Gasteiger partial charge in [-0.3, -0.25) is 9.59 Å². The van der Waals surface area contributed by atoms with Crippen molar-refractivity contribution in [2.75, 3.05) is 12.4 Å². The van der Waals surface area contributed by atoms with Crippen LogP contribution in [0.1, 0.15) is 16.1 Å². The highest BCUT2D eigenvalue weighted by molar-refractivity contribution is 6.04. The number of anilines is 1. The number of alkyl halides is 3. The summed E-state index contributed by atoms with van der Waals surface area (Å²) in [6.45, 7) is 0. The molecule has 0 unspecified atom stereocenters. The molecule has 0 aliphatic heterocycles. The number of benzene rings is 1. The molecule has 0 spiro atoms. The van der Waals surface area contributed by atoms with Gasteiger partial charge in [0.15, 0.2) is 11.4 Å². The molecule has 0 fully saturated rings. The summed E-state index contributed by atoms with van der Waals surface area (Å²) in [5.74, 6) is -0.786. The Morgan fingerprint density at radius 2 is 1.96 bits per heavy atom. The number of carbonyl (C=O) groups is 1. The number of aromatic nitrogens is 3. The maximum Gasteiger partial charge on any atom is 0.417 e. The van der Waals surface area contributed by atoms with Crippen molar-refractivity contribution >= 4 is 11.6 Å². The highest BCUT2D eigenvalue weighted by Gasteiger charge is 2.31. The van der Waals surface area contributed by atoms with Crippen LogP contribution in [-0.4, -0.2) is 27.8 Å². The molecule has 10 heteroatoms. The Balaban J connectivity index is 1.93. The molecule has 0 bridgehead atoms. The molecule has 0 saturated carbocycles. The number of hydrogen-bond donors (Lipinski definition) is 2. The van der Waals surface area contributed by atoms with Crippen molar-refractivity contribution in [2.45, 2.75) is 6.18 Å². The van der Waals surface area contributed by atoms with E-state index in [2.05, 4.69) is 10.4 Å². The first-order chi connectivity index (χ1) is 12.8. The van der Waals surface area contributed by atoms with E-state index >= 15 is 0 Å². The number of rotatable bonds is 4. The summed E-state index contributed by atoms with van der Waals surface area (Å²) in [6.07, 6.45) is -2.69. The van der Waals surface area contributed by atoms with Crippen LogP contribution in [0.4, 0.5) is 18.9 Å². The quantitative estimate of drug-likeness (QED) is 0.731. The van der Waals surface area contributed by atoms with Gasteiger partial charge in [-0.1, -0.05) is 18.2 Å². The van der Waals surface area contributed by atoms with Gasteiger partial charge in [0, 0.05) is 6.20 Å². The second-order valence-corrected chi connectivity index (χ2v) is 5.41. The summed E-state index contributed by atoms with van der Waals surface area (Å²) in [5, 5.41) is 6.23. The average Bonchev–Trinajstić information content (AvgIpc) is 3.08. The summed E-state index contributed by atoms with van der Waals surface area (Å²) < 4.78 is 44.9. The maximum absolute atomic E-state index is 12.8. The fourth-order valence-corrected chi connectivity index (χ4v) is 2.30. The highest BCUT2D eigenvalue weighted by Crippen LogP contribution is 2.29. The van der Waals surface area contributed by atoms with Gasteiger partial charge in [0.2, 0.25) is 0 Å². The minimum atomic E-state index is -4.67. The van der Waals surface area contributed by atoms with Gasteiger partial charge in [-0.2, -0.15) is 18.3 Å². The molecule has 0 atom stereocenters. The van der Waals surface area contributed by atoms with Crippen molar-refractivity contribution in [1.82, 2.24) is 14.8 Å². The van der Waals surface area contributed by atoms with Gasteiger partial charge >= 0.3 is 6.18 Å². The van der Waals surface area contributed by atoms with Crippen LogP contribution in [0.3, 0.4) is 0 Å². The zero-order chi connectivity index (χ0) is 19.6. The average molecular weight is 378 g/mol. The first-order valence-corrected chi connectivity index (χ1v) is 7.60. The summed E-state index contributed by atoms with van der Waals surface area (Å²) in [4.78, 5) is 26.1. The van der Waals surface area contributed by atoms with E-state index in [4.69, 9.17) is 4.74 Å². The second-order valence-electron chi connectivity index (χ2n) is 5.41. The minimum absolute atomic E-state index is 0.0970. The summed E-state index contributed by atoms with van der Waals surface area (Å²) >= 11 is 0. The summed E-state index contributed by atoms with van der Waals surface area (Å²) in [7, 11) is 1.32. The minimum Gasteiger partial charge on any atom is -0.493 e. The lowest BCUT2D eigenvalue weighted by Crippen LogP contribution is -2.22. The zero-order valence-corrected chi connectivity index (χ0v) is 13.9. The lowest BCUT2D eigenvalue weighted by Gasteiger charge is -2.08. The van der Waals surface area contributed by atoms with Crippen LogP contribution in [0.2, 0.25) is 0 Å². The fraction of sp³-hybridized carbons (Fsp3) is 0.118. The molecule has 3 aromatic rings. The van der Waals surface area contributed by atoms with Gasteiger partial charge in [0.05, 0.1) is 24.6 Å². The van der Waals surface area contributed by atoms with E-state index in [0.717, 1.165) is 0 Å². The van der Waals surface area contributed by atoms with Crippen LogP contribution in [0.25, 0.3) is 5.69 Å². The number of carbonyl (C=O) groups excluding carboxylic acids is 1. The summed E-state index contributed by atoms with van der Waals surface area (Å²) in [6, 6.07) is 9.38. The third-order valence-electron chi connectivity index (χ3n) is 3.62. The first kappa shape index (κ1) is 18.2. The van der Waals surface area contributed by atoms with Gasteiger partial charge < -0.3 is 15.0 Å². The molecule has 27 heavy (non-hydrogen) atoms. The molecular formula is C17H13F3N4O3. The van der Waals surface area contributed by atoms with Crippen molar-refractivity contribution in [1.29, 1.82) is 0 Å². The molecule has 2 heterocycles. The van der Waals surface area contributed by atoms with Crippen molar-refractivity contribution in [2.24, 2.45) is 0 Å². The molecular weight excluding hydrogens is 365 g/mol. The number of ether oxygens (including phenoxy) is 1. The first-order valence-electron chi connectivity index (χ1n) is 7.60. The molecule has 0 radical (unpaired) electrons. The predicted octanol–water partition coefficient (Wildman–Crippen LogP) is 2.84. The number of halogens is 3. The van der Waals surface area contributed by atoms with Crippen LogP contribution < -0.4 is 15.6 Å². The molecule has 0 aliphatic carbocycles. The third kappa shape index (κ3) is 3.84. The molecule has 1 aromatic carbocycles. The smallest absolute Gasteiger partial charge is 0.417 e. The molecule has 3 rings (SSSR count). The number of H-pyrrole nitrogens is 1. The van der Waals surface area contributed by atoms with E-state index in [9.17, 15) is 22.8 Å². The van der Waals surface area contributed by atoms with Crippen LogP contribution in [-0.2, 0) is 6.18 Å². The van der Waals surface area contributed by atoms with Crippen molar-refractivity contribution < 1.29 is 22.7 Å². The Morgan fingerprint density at radius 1 is 1.26 bits per heavy atom. The van der Waals surface area contributed by atoms with Crippen LogP contribution >= 0.6 is 0 Å². The van der Waals surface area contributed by atoms with Crippen molar-refractivity contribution in [3.05, 3.63) is 70.4 Å².